The molecule has 0 amide bonds. The van der Waals surface area contributed by atoms with Crippen molar-refractivity contribution in [1.82, 2.24) is 0 Å². The van der Waals surface area contributed by atoms with Gasteiger partial charge in [0.15, 0.2) is 11.6 Å². The van der Waals surface area contributed by atoms with E-state index in [4.69, 9.17) is 10.5 Å². The van der Waals surface area contributed by atoms with Crippen molar-refractivity contribution < 1.29 is 13.3 Å². The molecule has 0 bridgehead atoms. The Morgan fingerprint density at radius 2 is 2.13 bits per heavy atom. The lowest BCUT2D eigenvalue weighted by Gasteiger charge is -2.15. The number of hydrogen-bond acceptors (Lipinski definition) is 3. The van der Waals surface area contributed by atoms with Gasteiger partial charge in [-0.15, -0.1) is 0 Å². The van der Waals surface area contributed by atoms with E-state index in [0.29, 0.717) is 41.9 Å². The molecular weight excluding hydrogens is 313 g/mol. The molecule has 1 aromatic carbocycles. The molecule has 1 saturated carbocycles. The second kappa shape index (κ2) is 9.38. The van der Waals surface area contributed by atoms with E-state index in [2.05, 4.69) is 0 Å². The summed E-state index contributed by atoms with van der Waals surface area (Å²) in [5.74, 6) is 1.72. The summed E-state index contributed by atoms with van der Waals surface area (Å²) in [7, 11) is -0.918. The molecule has 0 saturated heterocycles. The van der Waals surface area contributed by atoms with Gasteiger partial charge < -0.3 is 10.5 Å². The highest BCUT2D eigenvalue weighted by Gasteiger charge is 2.23. The van der Waals surface area contributed by atoms with Gasteiger partial charge in [-0.25, -0.2) is 4.39 Å². The fraction of sp³-hybridized carbons (Fsp3) is 0.667. The van der Waals surface area contributed by atoms with Crippen molar-refractivity contribution >= 4 is 10.8 Å². The lowest BCUT2D eigenvalue weighted by atomic mass is 10.0. The van der Waals surface area contributed by atoms with Crippen LogP contribution in [0.25, 0.3) is 0 Å². The average Bonchev–Trinajstić information content (AvgIpc) is 3.35. The largest absolute Gasteiger partial charge is 0.490 e. The number of ether oxygens (including phenoxy) is 1. The Kier molecular flexibility index (Phi) is 7.50. The van der Waals surface area contributed by atoms with Crippen molar-refractivity contribution in [2.45, 2.75) is 44.9 Å². The maximum Gasteiger partial charge on any atom is 0.168 e. The summed E-state index contributed by atoms with van der Waals surface area (Å²) in [6.45, 7) is 3.21. The van der Waals surface area contributed by atoms with Crippen LogP contribution in [0.2, 0.25) is 0 Å². The molecule has 1 aromatic rings. The Hall–Kier alpha value is -0.940. The maximum absolute atomic E-state index is 14.6. The Morgan fingerprint density at radius 3 is 2.83 bits per heavy atom. The number of halogens is 1. The quantitative estimate of drug-likeness (QED) is 0.626. The van der Waals surface area contributed by atoms with Crippen LogP contribution in [-0.4, -0.2) is 28.9 Å². The summed E-state index contributed by atoms with van der Waals surface area (Å²) >= 11 is 0. The molecule has 1 unspecified atom stereocenters. The summed E-state index contributed by atoms with van der Waals surface area (Å²) in [6.07, 6.45) is 5.27. The van der Waals surface area contributed by atoms with Gasteiger partial charge in [0.2, 0.25) is 0 Å². The SMILES string of the molecule is C[C@H](CS(=O)CCCCCN)c1cccc(OCC2CC2)c1F. The van der Waals surface area contributed by atoms with Gasteiger partial charge in [-0.1, -0.05) is 25.5 Å². The molecule has 2 atom stereocenters. The van der Waals surface area contributed by atoms with Crippen LogP contribution in [0.3, 0.4) is 0 Å². The minimum atomic E-state index is -0.918. The van der Waals surface area contributed by atoms with Crippen LogP contribution in [0.1, 0.15) is 50.5 Å². The normalized spacial score (nSPS) is 17.0. The number of unbranched alkanes of at least 4 members (excludes halogenated alkanes) is 2. The van der Waals surface area contributed by atoms with E-state index < -0.39 is 10.8 Å². The van der Waals surface area contributed by atoms with Crippen LogP contribution in [0, 0.1) is 11.7 Å². The molecule has 0 aromatic heterocycles. The molecule has 1 aliphatic rings. The third kappa shape index (κ3) is 6.22. The van der Waals surface area contributed by atoms with Gasteiger partial charge in [0.05, 0.1) is 6.61 Å². The van der Waals surface area contributed by atoms with Crippen LogP contribution in [-0.2, 0) is 10.8 Å². The molecule has 0 spiro atoms. The van der Waals surface area contributed by atoms with E-state index >= 15 is 0 Å². The standard InChI is InChI=1S/C18H28FNO2S/c1-14(13-23(21)11-4-2-3-10-20)16-6-5-7-17(18(16)19)22-12-15-8-9-15/h5-7,14-15H,2-4,8-13,20H2,1H3/t14-,23?/m1/s1. The van der Waals surface area contributed by atoms with E-state index in [1.165, 1.54) is 12.8 Å². The van der Waals surface area contributed by atoms with Gasteiger partial charge in [-0.2, -0.15) is 0 Å². The Morgan fingerprint density at radius 1 is 1.35 bits per heavy atom. The summed E-state index contributed by atoms with van der Waals surface area (Å²) in [5, 5.41) is 0. The monoisotopic (exact) mass is 341 g/mol. The fourth-order valence-electron chi connectivity index (χ4n) is 2.55. The Bertz CT molecular complexity index is 520. The second-order valence-electron chi connectivity index (χ2n) is 6.47. The van der Waals surface area contributed by atoms with Crippen LogP contribution in [0.5, 0.6) is 5.75 Å². The number of hydrogen-bond donors (Lipinski definition) is 1. The van der Waals surface area contributed by atoms with E-state index in [1.54, 1.807) is 12.1 Å². The predicted octanol–water partition coefficient (Wildman–Crippen LogP) is 3.60. The number of rotatable bonds is 11. The molecule has 0 heterocycles. The van der Waals surface area contributed by atoms with E-state index in [-0.39, 0.29) is 11.7 Å². The maximum atomic E-state index is 14.6. The smallest absolute Gasteiger partial charge is 0.168 e. The summed E-state index contributed by atoms with van der Waals surface area (Å²) < 4.78 is 32.3. The van der Waals surface area contributed by atoms with Gasteiger partial charge in [0.25, 0.3) is 0 Å². The molecule has 0 radical (unpaired) electrons. The van der Waals surface area contributed by atoms with E-state index in [1.807, 2.05) is 13.0 Å². The number of nitrogens with two attached hydrogens (primary N) is 1. The minimum Gasteiger partial charge on any atom is -0.490 e. The lowest BCUT2D eigenvalue weighted by molar-refractivity contribution is 0.284. The Balaban J connectivity index is 1.86. The highest BCUT2D eigenvalue weighted by atomic mass is 32.2. The minimum absolute atomic E-state index is 0.0742. The van der Waals surface area contributed by atoms with Gasteiger partial charge >= 0.3 is 0 Å². The molecule has 5 heteroatoms. The lowest BCUT2D eigenvalue weighted by Crippen LogP contribution is -2.12. The summed E-state index contributed by atoms with van der Waals surface area (Å²) in [6, 6.07) is 5.27. The zero-order chi connectivity index (χ0) is 16.7. The molecule has 3 nitrogen and oxygen atoms in total. The summed E-state index contributed by atoms with van der Waals surface area (Å²) in [4.78, 5) is 0. The molecule has 23 heavy (non-hydrogen) atoms. The van der Waals surface area contributed by atoms with Crippen molar-refractivity contribution in [1.29, 1.82) is 0 Å². The van der Waals surface area contributed by atoms with Crippen molar-refractivity contribution in [3.05, 3.63) is 29.6 Å². The molecule has 0 aliphatic heterocycles. The van der Waals surface area contributed by atoms with Gasteiger partial charge in [-0.3, -0.25) is 4.21 Å². The summed E-state index contributed by atoms with van der Waals surface area (Å²) in [5.41, 5.74) is 6.06. The highest BCUT2D eigenvalue weighted by molar-refractivity contribution is 7.85. The first kappa shape index (κ1) is 18.4. The van der Waals surface area contributed by atoms with Crippen molar-refractivity contribution in [3.63, 3.8) is 0 Å². The second-order valence-corrected chi connectivity index (χ2v) is 8.10. The topological polar surface area (TPSA) is 52.3 Å². The van der Waals surface area contributed by atoms with Crippen LogP contribution >= 0.6 is 0 Å². The van der Waals surface area contributed by atoms with Gasteiger partial charge in [0.1, 0.15) is 0 Å². The first-order valence-corrected chi connectivity index (χ1v) is 10.1. The first-order chi connectivity index (χ1) is 11.1. The van der Waals surface area contributed by atoms with Crippen molar-refractivity contribution in [2.24, 2.45) is 11.7 Å². The van der Waals surface area contributed by atoms with Crippen LogP contribution in [0.15, 0.2) is 18.2 Å². The third-order valence-corrected chi connectivity index (χ3v) is 5.82. The molecule has 130 valence electrons. The van der Waals surface area contributed by atoms with Crippen molar-refractivity contribution in [3.8, 4) is 5.75 Å². The average molecular weight is 341 g/mol. The molecule has 1 fully saturated rings. The van der Waals surface area contributed by atoms with Gasteiger partial charge in [-0.05, 0) is 55.7 Å². The number of benzene rings is 1. The van der Waals surface area contributed by atoms with Crippen LogP contribution < -0.4 is 10.5 Å². The van der Waals surface area contributed by atoms with Crippen LogP contribution in [0.4, 0.5) is 4.39 Å². The van der Waals surface area contributed by atoms with Crippen molar-refractivity contribution in [2.75, 3.05) is 24.7 Å². The molecule has 2 N–H and O–H groups in total. The Labute approximate surface area is 141 Å². The molecule has 2 rings (SSSR count). The van der Waals surface area contributed by atoms with Gasteiger partial charge in [0, 0.05) is 22.3 Å². The van der Waals surface area contributed by atoms with E-state index in [0.717, 1.165) is 19.3 Å². The molecular formula is C18H28FNO2S. The predicted molar refractivity (Wildman–Crippen MR) is 93.8 cm³/mol. The fourth-order valence-corrected chi connectivity index (χ4v) is 3.98. The molecule has 1 aliphatic carbocycles. The first-order valence-electron chi connectivity index (χ1n) is 8.58. The zero-order valence-electron chi connectivity index (χ0n) is 13.9. The third-order valence-electron chi connectivity index (χ3n) is 4.21. The van der Waals surface area contributed by atoms with E-state index in [9.17, 15) is 8.60 Å². The highest BCUT2D eigenvalue weighted by Crippen LogP contribution is 2.32. The zero-order valence-corrected chi connectivity index (χ0v) is 14.7.